The van der Waals surface area contributed by atoms with Crippen molar-refractivity contribution in [3.63, 3.8) is 0 Å². The number of rotatable bonds is 15. The van der Waals surface area contributed by atoms with E-state index >= 15 is 0 Å². The Labute approximate surface area is 426 Å². The van der Waals surface area contributed by atoms with Gasteiger partial charge in [-0.3, -0.25) is 9.59 Å². The largest absolute Gasteiger partial charge is 0.509 e. The Morgan fingerprint density at radius 1 is 0.928 bits per heavy atom. The molecule has 0 amide bonds. The van der Waals surface area contributed by atoms with Gasteiger partial charge in [0.25, 0.3) is 0 Å². The molecular formula is C49H77ClIN3O15. The van der Waals surface area contributed by atoms with Crippen molar-refractivity contribution in [2.24, 2.45) is 34.6 Å². The van der Waals surface area contributed by atoms with Crippen LogP contribution >= 0.6 is 34.2 Å². The van der Waals surface area contributed by atoms with Crippen LogP contribution in [0, 0.1) is 23.7 Å². The number of methoxy groups -OCH3 is 2. The number of alkyl halides is 1. The quantitative estimate of drug-likeness (QED) is 0.0460. The maximum atomic E-state index is 14.8. The fraction of sp³-hybridized carbons (Fsp3) is 0.796. The first-order chi connectivity index (χ1) is 32.4. The molecule has 5 rings (SSSR count). The Bertz CT molecular complexity index is 1920. The molecule has 4 aliphatic rings. The molecule has 4 saturated heterocycles. The summed E-state index contributed by atoms with van der Waals surface area (Å²) < 4.78 is 69.7. The summed E-state index contributed by atoms with van der Waals surface area (Å²) in [5, 5.41) is 5.27. The highest BCUT2D eigenvalue weighted by Crippen LogP contribution is 2.45. The molecule has 18 nitrogen and oxygen atoms in total. The minimum Gasteiger partial charge on any atom is -0.455 e. The SMILES string of the molecule is CO[C@]1(C)C[C@@H](C)/C(=N\OCc2ccccc2Cl)[C@H](C)[C@H]2OC(=O)O[C@]2(C)[C@@H](I)OC(=O)[C@H](C)[C@@H](O[C@H]2C[C@@](C)(OC)[C@@H](OCCCN)[C@H](C)O2)[C@H](C)[C@H]1O[C@@H]1O[C@H](C)C[C@H](N(C)C)[C@H]1OC(C)=O. The molecule has 4 aliphatic heterocycles. The van der Waals surface area contributed by atoms with Gasteiger partial charge in [-0.2, -0.15) is 0 Å². The Morgan fingerprint density at radius 2 is 1.59 bits per heavy atom. The average molecular weight is 1110 g/mol. The fourth-order valence-electron chi connectivity index (χ4n) is 10.5. The van der Waals surface area contributed by atoms with Gasteiger partial charge >= 0.3 is 18.1 Å². The van der Waals surface area contributed by atoms with Crippen LogP contribution in [0.1, 0.15) is 100 Å². The van der Waals surface area contributed by atoms with E-state index in [2.05, 4.69) is 0 Å². The van der Waals surface area contributed by atoms with E-state index in [1.54, 1.807) is 34.1 Å². The molecule has 20 heteroatoms. The second-order valence-electron chi connectivity index (χ2n) is 20.0. The second-order valence-corrected chi connectivity index (χ2v) is 21.5. The van der Waals surface area contributed by atoms with E-state index in [4.69, 9.17) is 79.4 Å². The summed E-state index contributed by atoms with van der Waals surface area (Å²) >= 11 is 8.49. The summed E-state index contributed by atoms with van der Waals surface area (Å²) in [6.07, 6.45) is -6.37. The number of carbonyl (C=O) groups is 3. The molecule has 2 N–H and O–H groups in total. The van der Waals surface area contributed by atoms with Crippen molar-refractivity contribution < 1.29 is 71.3 Å². The van der Waals surface area contributed by atoms with Gasteiger partial charge in [0.15, 0.2) is 34.5 Å². The van der Waals surface area contributed by atoms with E-state index in [-0.39, 0.29) is 31.6 Å². The van der Waals surface area contributed by atoms with Crippen LogP contribution in [0.5, 0.6) is 0 Å². The highest BCUT2D eigenvalue weighted by Gasteiger charge is 2.59. The molecule has 392 valence electrons. The number of hydrogen-bond acceptors (Lipinski definition) is 18. The molecule has 4 fully saturated rings. The molecule has 0 aromatic heterocycles. The van der Waals surface area contributed by atoms with E-state index in [1.165, 1.54) is 6.92 Å². The van der Waals surface area contributed by atoms with Gasteiger partial charge in [-0.05, 0) is 110 Å². The van der Waals surface area contributed by atoms with Crippen LogP contribution in [0.2, 0.25) is 5.02 Å². The Kier molecular flexibility index (Phi) is 20.4. The fourth-order valence-corrected chi connectivity index (χ4v) is 11.4. The van der Waals surface area contributed by atoms with Crippen molar-refractivity contribution in [2.75, 3.05) is 41.5 Å². The lowest BCUT2D eigenvalue weighted by Crippen LogP contribution is -2.62. The normalized spacial score (nSPS) is 40.8. The lowest BCUT2D eigenvalue weighted by Gasteiger charge is -2.50. The van der Waals surface area contributed by atoms with Crippen LogP contribution in [0.4, 0.5) is 4.79 Å². The third kappa shape index (κ3) is 13.4. The first-order valence-corrected chi connectivity index (χ1v) is 25.6. The number of nitrogens with zero attached hydrogens (tertiary/aromatic N) is 2. The van der Waals surface area contributed by atoms with Gasteiger partial charge in [0.1, 0.15) is 12.7 Å². The lowest BCUT2D eigenvalue weighted by molar-refractivity contribution is -0.322. The molecule has 0 saturated carbocycles. The minimum absolute atomic E-state index is 0.0426. The van der Waals surface area contributed by atoms with Gasteiger partial charge in [-0.25, -0.2) is 4.79 Å². The van der Waals surface area contributed by atoms with Gasteiger partial charge in [-0.15, -0.1) is 0 Å². The van der Waals surface area contributed by atoms with E-state index in [0.29, 0.717) is 42.3 Å². The number of hydrogen-bond donors (Lipinski definition) is 1. The van der Waals surface area contributed by atoms with Crippen LogP contribution in [-0.4, -0.2) is 152 Å². The summed E-state index contributed by atoms with van der Waals surface area (Å²) in [6.45, 7) is 19.1. The second kappa shape index (κ2) is 24.5. The number of carbonyl (C=O) groups excluding carboxylic acids is 3. The number of ether oxygens (including phenoxy) is 11. The molecule has 69 heavy (non-hydrogen) atoms. The zero-order valence-corrected chi connectivity index (χ0v) is 45.7. The molecule has 1 aromatic rings. The lowest BCUT2D eigenvalue weighted by atomic mass is 9.74. The van der Waals surface area contributed by atoms with E-state index in [9.17, 15) is 14.4 Å². The first kappa shape index (κ1) is 57.5. The van der Waals surface area contributed by atoms with E-state index < -0.39 is 112 Å². The summed E-state index contributed by atoms with van der Waals surface area (Å²) in [4.78, 5) is 48.9. The van der Waals surface area contributed by atoms with E-state index in [1.807, 2.05) is 108 Å². The third-order valence-corrected chi connectivity index (χ3v) is 16.3. The molecule has 0 bridgehead atoms. The smallest absolute Gasteiger partial charge is 0.455 e. The molecule has 0 aliphatic carbocycles. The highest BCUT2D eigenvalue weighted by molar-refractivity contribution is 14.1. The molecule has 0 unspecified atom stereocenters. The molecule has 1 aromatic carbocycles. The minimum atomic E-state index is -1.48. The molecule has 4 heterocycles. The Morgan fingerprint density at radius 3 is 2.22 bits per heavy atom. The predicted molar refractivity (Wildman–Crippen MR) is 264 cm³/mol. The number of nitrogens with two attached hydrogens (primary N) is 1. The molecular weight excluding hydrogens is 1030 g/mol. The average Bonchev–Trinajstić information content (AvgIpc) is 3.61. The molecule has 0 radical (unpaired) electrons. The first-order valence-electron chi connectivity index (χ1n) is 24.0. The monoisotopic (exact) mass is 1110 g/mol. The van der Waals surface area contributed by atoms with Crippen LogP contribution in [0.15, 0.2) is 29.4 Å². The number of cyclic esters (lactones) is 1. The maximum absolute atomic E-state index is 14.8. The van der Waals surface area contributed by atoms with Gasteiger partial charge in [0.05, 0.1) is 53.3 Å². The van der Waals surface area contributed by atoms with Crippen LogP contribution in [0.3, 0.4) is 0 Å². The van der Waals surface area contributed by atoms with Gasteiger partial charge in [-0.1, -0.05) is 55.7 Å². The van der Waals surface area contributed by atoms with Crippen molar-refractivity contribution in [3.8, 4) is 0 Å². The number of esters is 2. The number of halogens is 2. The van der Waals surface area contributed by atoms with Gasteiger partial charge in [0, 0.05) is 62.5 Å². The zero-order valence-electron chi connectivity index (χ0n) is 42.8. The highest BCUT2D eigenvalue weighted by atomic mass is 127. The van der Waals surface area contributed by atoms with Crippen LogP contribution < -0.4 is 5.73 Å². The number of fused-ring (bicyclic) bond motifs is 1. The van der Waals surface area contributed by atoms with Crippen molar-refractivity contribution >= 4 is 58.0 Å². The summed E-state index contributed by atoms with van der Waals surface area (Å²) in [6, 6.07) is 7.01. The molecule has 18 atom stereocenters. The van der Waals surface area contributed by atoms with Crippen molar-refractivity contribution in [3.05, 3.63) is 34.9 Å². The standard InChI is InChI=1S/C49H77ClIN3O15/c1-26-23-47(8,58-13)40(66-44-39(64-32(7)55)35(54(11)12)22-27(2)62-44)29(4)38(65-36-24-48(9,59-14)42(31(6)63-36)60-21-17-20-52)30(5)43(56)68-45(51)49(10)41(67-46(57)69-49)28(3)37(26)53-61-25-33-18-15-16-19-34(33)50/h15-16,18-19,26-31,35-36,38-42,44-45H,17,20-25,52H2,1-14H3/b53-37+/t26-,27-,28+,29+,30-,31+,35+,36+,38+,39-,40-,41-,42+,44+,45+,47-,48-,49+/m1/s1. The van der Waals surface area contributed by atoms with Crippen molar-refractivity contribution in [2.45, 2.75) is 184 Å². The van der Waals surface area contributed by atoms with Gasteiger partial charge in [0.2, 0.25) is 0 Å². The van der Waals surface area contributed by atoms with E-state index in [0.717, 1.165) is 0 Å². The summed E-state index contributed by atoms with van der Waals surface area (Å²) in [5.74, 6) is -4.02. The number of oxime groups is 1. The van der Waals surface area contributed by atoms with Crippen molar-refractivity contribution in [1.29, 1.82) is 0 Å². The number of likely N-dealkylation sites (N-methyl/N-ethyl adjacent to an activating group) is 1. The van der Waals surface area contributed by atoms with Crippen molar-refractivity contribution in [1.82, 2.24) is 4.90 Å². The third-order valence-electron chi connectivity index (χ3n) is 14.4. The van der Waals surface area contributed by atoms with Crippen LogP contribution in [0.25, 0.3) is 0 Å². The maximum Gasteiger partial charge on any atom is 0.509 e. The number of benzene rings is 1. The Balaban J connectivity index is 1.67. The predicted octanol–water partition coefficient (Wildman–Crippen LogP) is 7.21. The molecule has 0 spiro atoms. The summed E-state index contributed by atoms with van der Waals surface area (Å²) in [7, 11) is 7.04. The topological polar surface area (TPSA) is 204 Å². The Hall–Kier alpha value is -2.44. The summed E-state index contributed by atoms with van der Waals surface area (Å²) in [5.41, 5.74) is 3.40. The zero-order chi connectivity index (χ0) is 51.2. The van der Waals surface area contributed by atoms with Crippen LogP contribution in [-0.2, 0) is 73.1 Å². The van der Waals surface area contributed by atoms with Gasteiger partial charge < -0.3 is 67.6 Å².